The molecule has 0 spiro atoms. The molecule has 1 aliphatic rings. The number of halogens is 2. The molecule has 2 aromatic rings. The molecule has 0 bridgehead atoms. The molecule has 3 rings (SSSR count). The van der Waals surface area contributed by atoms with Gasteiger partial charge in [-0.2, -0.15) is 30.5 Å². The quantitative estimate of drug-likeness (QED) is 0.386. The maximum atomic E-state index is 3.25. The summed E-state index contributed by atoms with van der Waals surface area (Å²) in [5.41, 5.74) is 0. The first kappa shape index (κ1) is 29.1. The van der Waals surface area contributed by atoms with Crippen LogP contribution in [-0.4, -0.2) is 6.88 Å². The molecule has 116 valence electrons. The fourth-order valence-electron chi connectivity index (χ4n) is 1.41. The second-order valence-electron chi connectivity index (χ2n) is 3.16. The van der Waals surface area contributed by atoms with Gasteiger partial charge >= 0.3 is 30.2 Å². The molecule has 0 amide bonds. The van der Waals surface area contributed by atoms with Crippen LogP contribution in [0.3, 0.4) is 0 Å². The summed E-state index contributed by atoms with van der Waals surface area (Å²) in [6, 6.07) is 14.7. The molecule has 0 aliphatic heterocycles. The van der Waals surface area contributed by atoms with E-state index in [9.17, 15) is 0 Å². The fraction of sp³-hybridized carbons (Fsp3) is 0.118. The average Bonchev–Trinajstić information content (AvgIpc) is 3.17. The number of allylic oxidation sites excluding steroid dienone is 4. The Morgan fingerprint density at radius 1 is 1.14 bits per heavy atom. The monoisotopic (exact) mass is 414 g/mol. The molecule has 1 aliphatic carbocycles. The second kappa shape index (κ2) is 22.3. The molecule has 0 nitrogen and oxygen atoms in total. The molecule has 0 unspecified atom stereocenters. The largest absolute Gasteiger partial charge is 0.168 e. The fourth-order valence-corrected chi connectivity index (χ4v) is 1.41. The van der Waals surface area contributed by atoms with Gasteiger partial charge < -0.3 is 14.4 Å². The number of hydrogen-bond donors (Lipinski definition) is 0. The van der Waals surface area contributed by atoms with Crippen LogP contribution in [0.4, 0.5) is 0 Å². The van der Waals surface area contributed by atoms with Crippen molar-refractivity contribution in [1.82, 2.24) is 0 Å². The van der Waals surface area contributed by atoms with Crippen molar-refractivity contribution in [3.63, 3.8) is 0 Å². The Labute approximate surface area is 159 Å². The molecule has 0 atom stereocenters. The van der Waals surface area contributed by atoms with Gasteiger partial charge in [-0.05, 0) is 0 Å². The Bertz CT molecular complexity index is 438. The molecule has 4 heteroatoms. The topological polar surface area (TPSA) is 0 Å². The van der Waals surface area contributed by atoms with E-state index in [4.69, 9.17) is 0 Å². The van der Waals surface area contributed by atoms with Crippen molar-refractivity contribution in [1.29, 1.82) is 0 Å². The van der Waals surface area contributed by atoms with Crippen LogP contribution < -0.4 is 0 Å². The second-order valence-corrected chi connectivity index (χ2v) is 3.16. The van der Waals surface area contributed by atoms with E-state index in [0.717, 1.165) is 6.42 Å². The molecule has 2 radical (unpaired) electrons. The van der Waals surface area contributed by atoms with Crippen molar-refractivity contribution in [3.05, 3.63) is 81.1 Å². The Balaban J connectivity index is -0.000000106. The third kappa shape index (κ3) is 13.4. The van der Waals surface area contributed by atoms with Crippen LogP contribution in [-0.2, 0) is 23.3 Å². The number of fused-ring (bicyclic) bond motifs is 1. The van der Waals surface area contributed by atoms with E-state index in [-0.39, 0.29) is 32.2 Å². The minimum Gasteiger partial charge on any atom is -0.168 e. The first-order valence-electron chi connectivity index (χ1n) is 5.75. The van der Waals surface area contributed by atoms with Crippen molar-refractivity contribution in [2.45, 2.75) is 13.3 Å². The predicted octanol–water partition coefficient (Wildman–Crippen LogP) is 5.62. The molecular weight excluding hydrogens is 394 g/mol. The van der Waals surface area contributed by atoms with Gasteiger partial charge in [-0.1, -0.05) is 6.07 Å². The van der Waals surface area contributed by atoms with Gasteiger partial charge in [0.1, 0.15) is 0 Å². The van der Waals surface area contributed by atoms with Crippen molar-refractivity contribution in [2.24, 2.45) is 0 Å². The zero-order chi connectivity index (χ0) is 13.6. The summed E-state index contributed by atoms with van der Waals surface area (Å²) in [7, 11) is 0. The van der Waals surface area contributed by atoms with Crippen LogP contribution in [0.5, 0.6) is 0 Å². The molecule has 21 heavy (non-hydrogen) atoms. The van der Waals surface area contributed by atoms with E-state index in [0.29, 0.717) is 0 Å². The smallest absolute Gasteiger partial charge is 0.0809 e. The first-order chi connectivity index (χ1) is 8.97. The molecule has 0 heterocycles. The van der Waals surface area contributed by atoms with Gasteiger partial charge in [0, 0.05) is 0 Å². The Morgan fingerprint density at radius 3 is 2.19 bits per heavy atom. The summed E-state index contributed by atoms with van der Waals surface area (Å²) in [4.78, 5) is 0. The van der Waals surface area contributed by atoms with Gasteiger partial charge in [-0.3, -0.25) is 6.08 Å². The molecule has 0 fully saturated rings. The maximum absolute atomic E-state index is 3.25. The minimum atomic E-state index is 0. The van der Waals surface area contributed by atoms with Gasteiger partial charge in [-0.25, -0.2) is 12.2 Å². The van der Waals surface area contributed by atoms with Crippen molar-refractivity contribution in [2.75, 3.05) is 0 Å². The van der Waals surface area contributed by atoms with Gasteiger partial charge in [0.05, 0.1) is 0 Å². The van der Waals surface area contributed by atoms with E-state index in [2.05, 4.69) is 68.4 Å². The van der Waals surface area contributed by atoms with E-state index in [1.165, 1.54) is 34.1 Å². The van der Waals surface area contributed by atoms with Crippen LogP contribution >= 0.6 is 24.8 Å². The summed E-state index contributed by atoms with van der Waals surface area (Å²) in [5.74, 6) is 0. The van der Waals surface area contributed by atoms with Crippen LogP contribution in [0.2, 0.25) is 0 Å². The molecule has 2 aromatic carbocycles. The third-order valence-corrected chi connectivity index (χ3v) is 2.13. The van der Waals surface area contributed by atoms with E-state index in [1.807, 2.05) is 12.2 Å². The molecular formula is C17H22Cl2SiZr-4. The van der Waals surface area contributed by atoms with Gasteiger partial charge in [0.15, 0.2) is 0 Å². The van der Waals surface area contributed by atoms with Gasteiger partial charge in [0.2, 0.25) is 0 Å². The number of benzene rings is 1. The average molecular weight is 417 g/mol. The number of hydrogen-bond acceptors (Lipinski definition) is 0. The van der Waals surface area contributed by atoms with Crippen molar-refractivity contribution in [3.8, 4) is 0 Å². The molecule has 0 aromatic heterocycles. The summed E-state index contributed by atoms with van der Waals surface area (Å²) >= 11 is 1.36. The van der Waals surface area contributed by atoms with E-state index in [1.54, 1.807) is 6.92 Å². The Kier molecular flexibility index (Phi) is 30.8. The zero-order valence-corrected chi connectivity index (χ0v) is 17.6. The van der Waals surface area contributed by atoms with Crippen LogP contribution in [0.25, 0.3) is 10.8 Å². The van der Waals surface area contributed by atoms with E-state index >= 15 is 0 Å². The Hall–Kier alpha value is -0.0100. The summed E-state index contributed by atoms with van der Waals surface area (Å²) in [6.45, 7) is 8.06. The van der Waals surface area contributed by atoms with Crippen molar-refractivity contribution >= 4 is 42.5 Å². The predicted molar refractivity (Wildman–Crippen MR) is 98.8 cm³/mol. The summed E-state index contributed by atoms with van der Waals surface area (Å²) < 4.78 is 0. The molecule has 0 saturated heterocycles. The first-order valence-corrected chi connectivity index (χ1v) is 9.93. The van der Waals surface area contributed by atoms with Crippen LogP contribution in [0, 0.1) is 20.4 Å². The van der Waals surface area contributed by atoms with Crippen molar-refractivity contribution < 1.29 is 23.3 Å². The SMILES string of the molecule is Cl.Cl.[C-]1=CC=CC1.[CH2-]C.[CH3-].[Si]=[Zr].c1ccc2[cH-]ccc2c1. The molecule has 0 saturated carbocycles. The van der Waals surface area contributed by atoms with Crippen LogP contribution in [0.15, 0.2) is 60.7 Å². The normalized spacial score (nSPS) is 9.00. The summed E-state index contributed by atoms with van der Waals surface area (Å²) in [6.07, 6.45) is 10.0. The number of rotatable bonds is 0. The Morgan fingerprint density at radius 2 is 1.76 bits per heavy atom. The minimum absolute atomic E-state index is 0. The molecule has 0 N–H and O–H groups in total. The zero-order valence-electron chi connectivity index (χ0n) is 12.5. The maximum Gasteiger partial charge on any atom is -0.0809 e. The van der Waals surface area contributed by atoms with Crippen LogP contribution in [0.1, 0.15) is 13.3 Å². The van der Waals surface area contributed by atoms with Gasteiger partial charge in [0.25, 0.3) is 0 Å². The van der Waals surface area contributed by atoms with Gasteiger partial charge in [-0.15, -0.1) is 60.9 Å². The summed E-state index contributed by atoms with van der Waals surface area (Å²) in [5, 5.41) is 2.66. The van der Waals surface area contributed by atoms with E-state index < -0.39 is 0 Å². The third-order valence-electron chi connectivity index (χ3n) is 2.13. The standard InChI is InChI=1S/C9H7.C5H5.C2H5.CH3.2ClH.Si.Zr/c1-2-5-9-7-3-6-8(9)4-1;1-2-4-5-3-1;1-2;;;;;/h1-7H;1-3H,4H2;1H2,2H3;1H3;2*1H;;/q4*-1;;;;.